The van der Waals surface area contributed by atoms with Gasteiger partial charge in [-0.05, 0) is 50.1 Å². The summed E-state index contributed by atoms with van der Waals surface area (Å²) >= 11 is 13.8. The summed E-state index contributed by atoms with van der Waals surface area (Å²) in [5.41, 5.74) is 1.16. The number of rotatable bonds is 5. The Morgan fingerprint density at radius 1 is 1.16 bits per heavy atom. The second-order valence-electron chi connectivity index (χ2n) is 4.75. The van der Waals surface area contributed by atoms with E-state index in [1.54, 1.807) is 0 Å². The molecule has 1 unspecified atom stereocenters. The standard InChI is InChI=1S/C15H17Cl2NS/c1-10(7-13-5-3-11(2)19-13)18-9-12-4-6-14(16)15(17)8-12/h3-6,8,10,18H,7,9H2,1-2H3. The van der Waals surface area contributed by atoms with Crippen LogP contribution in [0.3, 0.4) is 0 Å². The van der Waals surface area contributed by atoms with Gasteiger partial charge in [-0.3, -0.25) is 0 Å². The van der Waals surface area contributed by atoms with Crippen LogP contribution >= 0.6 is 34.5 Å². The topological polar surface area (TPSA) is 12.0 Å². The molecular weight excluding hydrogens is 297 g/mol. The zero-order valence-corrected chi connectivity index (χ0v) is 13.4. The average molecular weight is 314 g/mol. The predicted molar refractivity (Wildman–Crippen MR) is 85.5 cm³/mol. The molecule has 0 saturated heterocycles. The van der Waals surface area contributed by atoms with E-state index in [0.717, 1.165) is 18.5 Å². The maximum Gasteiger partial charge on any atom is 0.0595 e. The number of halogens is 2. The molecule has 0 radical (unpaired) electrons. The zero-order valence-electron chi connectivity index (χ0n) is 11.0. The molecule has 1 nitrogen and oxygen atoms in total. The van der Waals surface area contributed by atoms with Gasteiger partial charge in [0, 0.05) is 22.3 Å². The SMILES string of the molecule is Cc1ccc(CC(C)NCc2ccc(Cl)c(Cl)c2)s1. The molecule has 0 aliphatic rings. The fraction of sp³-hybridized carbons (Fsp3) is 0.333. The Labute approximate surface area is 128 Å². The summed E-state index contributed by atoms with van der Waals surface area (Å²) in [6.45, 7) is 5.15. The van der Waals surface area contributed by atoms with Crippen molar-refractivity contribution in [3.8, 4) is 0 Å². The largest absolute Gasteiger partial charge is 0.310 e. The summed E-state index contributed by atoms with van der Waals surface area (Å²) in [6, 6.07) is 10.6. The number of hydrogen-bond acceptors (Lipinski definition) is 2. The Morgan fingerprint density at radius 2 is 1.95 bits per heavy atom. The fourth-order valence-electron chi connectivity index (χ4n) is 1.91. The van der Waals surface area contributed by atoms with Crippen molar-refractivity contribution in [2.45, 2.75) is 32.9 Å². The van der Waals surface area contributed by atoms with E-state index in [1.807, 2.05) is 29.5 Å². The monoisotopic (exact) mass is 313 g/mol. The molecule has 0 amide bonds. The molecule has 2 aromatic rings. The van der Waals surface area contributed by atoms with Crippen molar-refractivity contribution in [1.29, 1.82) is 0 Å². The van der Waals surface area contributed by atoms with Gasteiger partial charge in [0.2, 0.25) is 0 Å². The highest BCUT2D eigenvalue weighted by atomic mass is 35.5. The number of aryl methyl sites for hydroxylation is 1. The summed E-state index contributed by atoms with van der Waals surface area (Å²) in [6.07, 6.45) is 1.06. The Kier molecular flexibility index (Phi) is 5.28. The molecule has 102 valence electrons. The first kappa shape index (κ1) is 14.9. The summed E-state index contributed by atoms with van der Waals surface area (Å²) < 4.78 is 0. The number of thiophene rings is 1. The van der Waals surface area contributed by atoms with Crippen LogP contribution in [0.25, 0.3) is 0 Å². The van der Waals surface area contributed by atoms with Crippen LogP contribution in [0, 0.1) is 6.92 Å². The minimum Gasteiger partial charge on any atom is -0.310 e. The molecule has 19 heavy (non-hydrogen) atoms. The van der Waals surface area contributed by atoms with Gasteiger partial charge in [0.25, 0.3) is 0 Å². The molecule has 0 fully saturated rings. The molecule has 0 spiro atoms. The van der Waals surface area contributed by atoms with Crippen molar-refractivity contribution >= 4 is 34.5 Å². The zero-order chi connectivity index (χ0) is 13.8. The maximum atomic E-state index is 6.00. The highest BCUT2D eigenvalue weighted by Gasteiger charge is 2.06. The van der Waals surface area contributed by atoms with Crippen molar-refractivity contribution in [3.63, 3.8) is 0 Å². The average Bonchev–Trinajstić information content (AvgIpc) is 2.76. The van der Waals surface area contributed by atoms with E-state index in [4.69, 9.17) is 23.2 Å². The molecule has 1 aromatic carbocycles. The molecule has 0 saturated carbocycles. The number of benzene rings is 1. The van der Waals surface area contributed by atoms with E-state index >= 15 is 0 Å². The number of hydrogen-bond donors (Lipinski definition) is 1. The lowest BCUT2D eigenvalue weighted by atomic mass is 10.1. The lowest BCUT2D eigenvalue weighted by Gasteiger charge is -2.13. The smallest absolute Gasteiger partial charge is 0.0595 e. The van der Waals surface area contributed by atoms with Gasteiger partial charge in [-0.15, -0.1) is 11.3 Å². The molecule has 0 aliphatic heterocycles. The van der Waals surface area contributed by atoms with E-state index < -0.39 is 0 Å². The minimum absolute atomic E-state index is 0.438. The van der Waals surface area contributed by atoms with Gasteiger partial charge < -0.3 is 5.32 Å². The van der Waals surface area contributed by atoms with Crippen LogP contribution in [0.5, 0.6) is 0 Å². The first-order valence-electron chi connectivity index (χ1n) is 6.27. The van der Waals surface area contributed by atoms with Gasteiger partial charge in [-0.2, -0.15) is 0 Å². The lowest BCUT2D eigenvalue weighted by Crippen LogP contribution is -2.27. The van der Waals surface area contributed by atoms with Gasteiger partial charge in [0.15, 0.2) is 0 Å². The Bertz CT molecular complexity index is 551. The van der Waals surface area contributed by atoms with E-state index in [0.29, 0.717) is 16.1 Å². The molecule has 1 atom stereocenters. The van der Waals surface area contributed by atoms with Crippen molar-refractivity contribution < 1.29 is 0 Å². The van der Waals surface area contributed by atoms with Gasteiger partial charge in [0.1, 0.15) is 0 Å². The van der Waals surface area contributed by atoms with Crippen LogP contribution in [0.2, 0.25) is 10.0 Å². The second-order valence-corrected chi connectivity index (χ2v) is 6.93. The third-order valence-corrected chi connectivity index (χ3v) is 4.70. The minimum atomic E-state index is 0.438. The van der Waals surface area contributed by atoms with E-state index in [-0.39, 0.29) is 0 Å². The van der Waals surface area contributed by atoms with Gasteiger partial charge in [0.05, 0.1) is 10.0 Å². The third kappa shape index (κ3) is 4.50. The summed E-state index contributed by atoms with van der Waals surface area (Å²) in [5, 5.41) is 4.73. The third-order valence-electron chi connectivity index (χ3n) is 2.94. The van der Waals surface area contributed by atoms with Crippen LogP contribution in [-0.4, -0.2) is 6.04 Å². The van der Waals surface area contributed by atoms with Gasteiger partial charge in [-0.1, -0.05) is 29.3 Å². The molecule has 0 aliphatic carbocycles. The van der Waals surface area contributed by atoms with Crippen LogP contribution in [-0.2, 0) is 13.0 Å². The quantitative estimate of drug-likeness (QED) is 0.811. The highest BCUT2D eigenvalue weighted by Crippen LogP contribution is 2.22. The van der Waals surface area contributed by atoms with Crippen molar-refractivity contribution in [3.05, 3.63) is 55.7 Å². The second kappa shape index (κ2) is 6.76. The summed E-state index contributed by atoms with van der Waals surface area (Å²) in [4.78, 5) is 2.79. The normalized spacial score (nSPS) is 12.6. The molecule has 2 rings (SSSR count). The molecule has 0 bridgehead atoms. The summed E-state index contributed by atoms with van der Waals surface area (Å²) in [5.74, 6) is 0. The molecule has 1 aromatic heterocycles. The fourth-order valence-corrected chi connectivity index (χ4v) is 3.25. The van der Waals surface area contributed by atoms with Gasteiger partial charge >= 0.3 is 0 Å². The Hall–Kier alpha value is -0.540. The molecule has 4 heteroatoms. The van der Waals surface area contributed by atoms with Crippen LogP contribution in [0.1, 0.15) is 22.2 Å². The Morgan fingerprint density at radius 3 is 2.58 bits per heavy atom. The molecule has 1 heterocycles. The van der Waals surface area contributed by atoms with Crippen molar-refractivity contribution in [2.24, 2.45) is 0 Å². The predicted octanol–water partition coefficient (Wildman–Crippen LogP) is 5.08. The Balaban J connectivity index is 1.86. The van der Waals surface area contributed by atoms with Crippen LogP contribution in [0.4, 0.5) is 0 Å². The van der Waals surface area contributed by atoms with Crippen molar-refractivity contribution in [2.75, 3.05) is 0 Å². The van der Waals surface area contributed by atoms with E-state index in [1.165, 1.54) is 9.75 Å². The van der Waals surface area contributed by atoms with E-state index in [9.17, 15) is 0 Å². The first-order chi connectivity index (χ1) is 9.04. The highest BCUT2D eigenvalue weighted by molar-refractivity contribution is 7.11. The molecule has 1 N–H and O–H groups in total. The molecular formula is C15H17Cl2NS. The van der Waals surface area contributed by atoms with E-state index in [2.05, 4.69) is 31.3 Å². The maximum absolute atomic E-state index is 6.00. The van der Waals surface area contributed by atoms with Crippen LogP contribution < -0.4 is 5.32 Å². The number of nitrogens with one attached hydrogen (secondary N) is 1. The first-order valence-corrected chi connectivity index (χ1v) is 7.84. The lowest BCUT2D eigenvalue weighted by molar-refractivity contribution is 0.548. The summed E-state index contributed by atoms with van der Waals surface area (Å²) in [7, 11) is 0. The van der Waals surface area contributed by atoms with Gasteiger partial charge in [-0.25, -0.2) is 0 Å². The van der Waals surface area contributed by atoms with Crippen LogP contribution in [0.15, 0.2) is 30.3 Å². The van der Waals surface area contributed by atoms with Crippen molar-refractivity contribution in [1.82, 2.24) is 5.32 Å².